The van der Waals surface area contributed by atoms with E-state index < -0.39 is 37.3 Å². The molecule has 2 atom stereocenters. The van der Waals surface area contributed by atoms with E-state index in [1.54, 1.807) is 18.2 Å². The molecule has 0 radical (unpaired) electrons. The summed E-state index contributed by atoms with van der Waals surface area (Å²) in [5, 5.41) is 2.41. The molecule has 0 aliphatic heterocycles. The summed E-state index contributed by atoms with van der Waals surface area (Å²) in [5.41, 5.74) is 0.318. The summed E-state index contributed by atoms with van der Waals surface area (Å²) in [6, 6.07) is 5.38. The molecule has 0 aliphatic rings. The molecule has 0 spiro atoms. The summed E-state index contributed by atoms with van der Waals surface area (Å²) in [4.78, 5) is 0. The molecule has 0 bridgehead atoms. The van der Waals surface area contributed by atoms with Crippen molar-refractivity contribution in [3.05, 3.63) is 35.9 Å². The Morgan fingerprint density at radius 2 is 1.40 bits per heavy atom. The molecule has 0 aromatic heterocycles. The van der Waals surface area contributed by atoms with Crippen LogP contribution in [-0.2, 0) is 0 Å². The van der Waals surface area contributed by atoms with Gasteiger partial charge in [0, 0.05) is 12.1 Å². The van der Waals surface area contributed by atoms with Crippen molar-refractivity contribution in [3.8, 4) is 0 Å². The molecule has 0 fully saturated rings. The highest BCUT2D eigenvalue weighted by molar-refractivity contribution is 5.19. The summed E-state index contributed by atoms with van der Waals surface area (Å²) in [5.74, 6) is 0. The van der Waals surface area contributed by atoms with Gasteiger partial charge in [-0.15, -0.1) is 0 Å². The second-order valence-electron chi connectivity index (χ2n) is 4.67. The van der Waals surface area contributed by atoms with Gasteiger partial charge in [-0.05, 0) is 12.5 Å². The van der Waals surface area contributed by atoms with Crippen LogP contribution in [0.5, 0.6) is 0 Å². The van der Waals surface area contributed by atoms with Crippen molar-refractivity contribution in [2.24, 2.45) is 0 Å². The highest BCUT2D eigenvalue weighted by Crippen LogP contribution is 2.31. The first kappa shape index (κ1) is 16.8. The van der Waals surface area contributed by atoms with Crippen LogP contribution >= 0.6 is 0 Å². The molecule has 20 heavy (non-hydrogen) atoms. The molecule has 1 aromatic carbocycles. The van der Waals surface area contributed by atoms with Gasteiger partial charge >= 0.3 is 12.4 Å². The molecule has 114 valence electrons. The van der Waals surface area contributed by atoms with Crippen LogP contribution < -0.4 is 5.32 Å². The third kappa shape index (κ3) is 6.79. The van der Waals surface area contributed by atoms with Gasteiger partial charge in [-0.2, -0.15) is 26.3 Å². The van der Waals surface area contributed by atoms with E-state index in [-0.39, 0.29) is 0 Å². The van der Waals surface area contributed by atoms with E-state index in [0.717, 1.165) is 0 Å². The van der Waals surface area contributed by atoms with E-state index in [2.05, 4.69) is 5.32 Å². The highest BCUT2D eigenvalue weighted by atomic mass is 19.4. The van der Waals surface area contributed by atoms with Crippen LogP contribution in [0.1, 0.15) is 31.4 Å². The first-order valence-corrected chi connectivity index (χ1v) is 6.01. The van der Waals surface area contributed by atoms with E-state index in [9.17, 15) is 26.3 Å². The third-order valence-electron chi connectivity index (χ3n) is 2.66. The number of alkyl halides is 6. The SMILES string of the molecule is CC(CC(F)(F)F)NC(CC(F)(F)F)c1ccccc1. The van der Waals surface area contributed by atoms with Crippen molar-refractivity contribution in [3.63, 3.8) is 0 Å². The molecule has 1 rings (SSSR count). The van der Waals surface area contributed by atoms with Crippen LogP contribution in [-0.4, -0.2) is 18.4 Å². The Morgan fingerprint density at radius 1 is 0.900 bits per heavy atom. The molecule has 7 heteroatoms. The average molecular weight is 299 g/mol. The molecular weight excluding hydrogens is 284 g/mol. The number of hydrogen-bond donors (Lipinski definition) is 1. The molecule has 0 saturated carbocycles. The summed E-state index contributed by atoms with van der Waals surface area (Å²) in [6.07, 6.45) is -11.2. The van der Waals surface area contributed by atoms with Crippen LogP contribution in [0.3, 0.4) is 0 Å². The summed E-state index contributed by atoms with van der Waals surface area (Å²) >= 11 is 0. The zero-order chi connectivity index (χ0) is 15.4. The molecule has 0 heterocycles. The maximum atomic E-state index is 12.5. The summed E-state index contributed by atoms with van der Waals surface area (Å²) < 4.78 is 74.3. The maximum Gasteiger partial charge on any atom is 0.390 e. The minimum absolute atomic E-state index is 0.318. The monoisotopic (exact) mass is 299 g/mol. The molecule has 0 aliphatic carbocycles. The Morgan fingerprint density at radius 3 is 1.85 bits per heavy atom. The predicted octanol–water partition coefficient (Wildman–Crippen LogP) is 4.61. The highest BCUT2D eigenvalue weighted by Gasteiger charge is 2.35. The fourth-order valence-corrected chi connectivity index (χ4v) is 1.94. The van der Waals surface area contributed by atoms with Crippen molar-refractivity contribution >= 4 is 0 Å². The Labute approximate surface area is 113 Å². The van der Waals surface area contributed by atoms with E-state index in [1.807, 2.05) is 0 Å². The van der Waals surface area contributed by atoms with E-state index in [1.165, 1.54) is 19.1 Å². The lowest BCUT2D eigenvalue weighted by Gasteiger charge is -2.25. The quantitative estimate of drug-likeness (QED) is 0.783. The number of halogens is 6. The smallest absolute Gasteiger partial charge is 0.307 e. The maximum absolute atomic E-state index is 12.5. The van der Waals surface area contributed by atoms with Crippen molar-refractivity contribution in [1.29, 1.82) is 0 Å². The Kier molecular flexibility index (Phi) is 5.44. The lowest BCUT2D eigenvalue weighted by molar-refractivity contribution is -0.146. The van der Waals surface area contributed by atoms with Crippen LogP contribution in [0.15, 0.2) is 30.3 Å². The van der Waals surface area contributed by atoms with Crippen molar-refractivity contribution in [2.75, 3.05) is 0 Å². The van der Waals surface area contributed by atoms with Crippen LogP contribution in [0.25, 0.3) is 0 Å². The first-order chi connectivity index (χ1) is 9.07. The van der Waals surface area contributed by atoms with Gasteiger partial charge in [-0.25, -0.2) is 0 Å². The summed E-state index contributed by atoms with van der Waals surface area (Å²) in [6.45, 7) is 1.22. The number of hydrogen-bond acceptors (Lipinski definition) is 1. The molecular formula is C13H15F6N. The van der Waals surface area contributed by atoms with Crippen molar-refractivity contribution < 1.29 is 26.3 Å². The third-order valence-corrected chi connectivity index (χ3v) is 2.66. The topological polar surface area (TPSA) is 12.0 Å². The fourth-order valence-electron chi connectivity index (χ4n) is 1.94. The standard InChI is InChI=1S/C13H15F6N/c1-9(7-12(14,15)16)20-11(8-13(17,18)19)10-5-3-2-4-6-10/h2-6,9,11,20H,7-8H2,1H3. The average Bonchev–Trinajstić information content (AvgIpc) is 2.25. The van der Waals surface area contributed by atoms with E-state index in [0.29, 0.717) is 5.56 Å². The van der Waals surface area contributed by atoms with Gasteiger partial charge in [0.2, 0.25) is 0 Å². The van der Waals surface area contributed by atoms with Gasteiger partial charge in [0.25, 0.3) is 0 Å². The van der Waals surface area contributed by atoms with Gasteiger partial charge in [0.05, 0.1) is 12.8 Å². The second kappa shape index (κ2) is 6.47. The molecule has 2 unspecified atom stereocenters. The lowest BCUT2D eigenvalue weighted by Crippen LogP contribution is -2.36. The largest absolute Gasteiger partial charge is 0.390 e. The predicted molar refractivity (Wildman–Crippen MR) is 63.1 cm³/mol. The van der Waals surface area contributed by atoms with E-state index in [4.69, 9.17) is 0 Å². The molecule has 0 saturated heterocycles. The number of rotatable bonds is 5. The number of benzene rings is 1. The minimum atomic E-state index is -4.45. The van der Waals surface area contributed by atoms with Gasteiger partial charge < -0.3 is 5.32 Å². The summed E-state index contributed by atoms with van der Waals surface area (Å²) in [7, 11) is 0. The second-order valence-corrected chi connectivity index (χ2v) is 4.67. The Balaban J connectivity index is 2.79. The zero-order valence-corrected chi connectivity index (χ0v) is 10.7. The first-order valence-electron chi connectivity index (χ1n) is 6.01. The van der Waals surface area contributed by atoms with E-state index >= 15 is 0 Å². The number of nitrogens with one attached hydrogen (secondary N) is 1. The van der Waals surface area contributed by atoms with Crippen LogP contribution in [0.2, 0.25) is 0 Å². The minimum Gasteiger partial charge on any atom is -0.307 e. The van der Waals surface area contributed by atoms with Crippen LogP contribution in [0.4, 0.5) is 26.3 Å². The van der Waals surface area contributed by atoms with Crippen LogP contribution in [0, 0.1) is 0 Å². The van der Waals surface area contributed by atoms with Gasteiger partial charge in [0.15, 0.2) is 0 Å². The Bertz CT molecular complexity index is 398. The van der Waals surface area contributed by atoms with Gasteiger partial charge in [-0.3, -0.25) is 0 Å². The molecule has 1 N–H and O–H groups in total. The molecule has 1 aromatic rings. The molecule has 0 amide bonds. The molecule has 1 nitrogen and oxygen atoms in total. The van der Waals surface area contributed by atoms with Crippen molar-refractivity contribution in [2.45, 2.75) is 44.2 Å². The van der Waals surface area contributed by atoms with Gasteiger partial charge in [0.1, 0.15) is 0 Å². The lowest BCUT2D eigenvalue weighted by atomic mass is 10.0. The van der Waals surface area contributed by atoms with Crippen molar-refractivity contribution in [1.82, 2.24) is 5.32 Å². The van der Waals surface area contributed by atoms with Gasteiger partial charge in [-0.1, -0.05) is 30.3 Å². The normalized spacial score (nSPS) is 15.9. The fraction of sp³-hybridized carbons (Fsp3) is 0.538. The zero-order valence-electron chi connectivity index (χ0n) is 10.7. The Hall–Kier alpha value is -1.24.